The van der Waals surface area contributed by atoms with Gasteiger partial charge in [0, 0.05) is 5.56 Å². The Balaban J connectivity index is 1.76. The van der Waals surface area contributed by atoms with Crippen LogP contribution in [0, 0.1) is 23.3 Å². The third-order valence-electron chi connectivity index (χ3n) is 4.64. The first-order valence-electron chi connectivity index (χ1n) is 9.31. The second-order valence-corrected chi connectivity index (χ2v) is 7.61. The summed E-state index contributed by atoms with van der Waals surface area (Å²) in [6.45, 7) is -0.240. The number of amides is 1. The second-order valence-electron chi connectivity index (χ2n) is 6.86. The molecule has 11 heteroatoms. The van der Waals surface area contributed by atoms with Crippen LogP contribution in [0.3, 0.4) is 0 Å². The topological polar surface area (TPSA) is 59.8 Å². The van der Waals surface area contributed by atoms with E-state index in [1.807, 2.05) is 0 Å². The molecule has 4 aromatic rings. The molecule has 5 nitrogen and oxygen atoms in total. The van der Waals surface area contributed by atoms with Crippen molar-refractivity contribution in [3.05, 3.63) is 99.6 Å². The molecule has 1 N–H and O–H groups in total. The van der Waals surface area contributed by atoms with Gasteiger partial charge < -0.3 is 9.88 Å². The van der Waals surface area contributed by atoms with Crippen LogP contribution in [0.1, 0.15) is 16.1 Å². The molecular weight excluding hydrogens is 483 g/mol. The van der Waals surface area contributed by atoms with Crippen molar-refractivity contribution >= 4 is 34.8 Å². The van der Waals surface area contributed by atoms with Crippen molar-refractivity contribution in [1.29, 1.82) is 0 Å². The van der Waals surface area contributed by atoms with Gasteiger partial charge >= 0.3 is 0 Å². The van der Waals surface area contributed by atoms with Crippen LogP contribution in [0.25, 0.3) is 11.4 Å². The van der Waals surface area contributed by atoms with E-state index in [1.165, 1.54) is 47.2 Å². The van der Waals surface area contributed by atoms with Crippen LogP contribution in [0.5, 0.6) is 0 Å². The molecule has 4 rings (SSSR count). The zero-order valence-electron chi connectivity index (χ0n) is 16.4. The minimum atomic E-state index is -1.61. The molecule has 0 saturated carbocycles. The predicted molar refractivity (Wildman–Crippen MR) is 115 cm³/mol. The highest BCUT2D eigenvalue weighted by Crippen LogP contribution is 2.26. The van der Waals surface area contributed by atoms with Gasteiger partial charge in [0.15, 0.2) is 22.6 Å². The highest BCUT2D eigenvalue weighted by molar-refractivity contribution is 6.34. The van der Waals surface area contributed by atoms with E-state index in [0.717, 1.165) is 12.1 Å². The summed E-state index contributed by atoms with van der Waals surface area (Å²) >= 11 is 11.8. The highest BCUT2D eigenvalue weighted by atomic mass is 35.5. The summed E-state index contributed by atoms with van der Waals surface area (Å²) in [5, 5.41) is 2.64. The zero-order valence-corrected chi connectivity index (χ0v) is 17.9. The summed E-state index contributed by atoms with van der Waals surface area (Å²) in [5.41, 5.74) is 0.629. The maximum atomic E-state index is 13.8. The molecule has 0 radical (unpaired) electrons. The monoisotopic (exact) mass is 494 g/mol. The zero-order chi connectivity index (χ0) is 23.7. The van der Waals surface area contributed by atoms with Gasteiger partial charge in [-0.25, -0.2) is 27.5 Å². The van der Waals surface area contributed by atoms with Crippen LogP contribution in [0.4, 0.5) is 23.2 Å². The van der Waals surface area contributed by atoms with Crippen LogP contribution < -0.4 is 5.32 Å². The van der Waals surface area contributed by atoms with Crippen molar-refractivity contribution in [1.82, 2.24) is 14.5 Å². The second kappa shape index (κ2) is 9.21. The van der Waals surface area contributed by atoms with Gasteiger partial charge in [-0.15, -0.1) is 0 Å². The molecule has 2 aromatic carbocycles. The van der Waals surface area contributed by atoms with E-state index in [4.69, 9.17) is 23.2 Å². The summed E-state index contributed by atoms with van der Waals surface area (Å²) in [7, 11) is 0. The Morgan fingerprint density at radius 3 is 2.27 bits per heavy atom. The lowest BCUT2D eigenvalue weighted by Crippen LogP contribution is -2.18. The lowest BCUT2D eigenvalue weighted by molar-refractivity contribution is 0.101. The number of imidazole rings is 1. The minimum Gasteiger partial charge on any atom is -0.318 e. The number of pyridine rings is 1. The summed E-state index contributed by atoms with van der Waals surface area (Å²) < 4.78 is 55.7. The van der Waals surface area contributed by atoms with Gasteiger partial charge in [-0.1, -0.05) is 23.2 Å². The van der Waals surface area contributed by atoms with E-state index in [9.17, 15) is 22.4 Å². The van der Waals surface area contributed by atoms with Crippen molar-refractivity contribution < 1.29 is 22.4 Å². The van der Waals surface area contributed by atoms with Crippen molar-refractivity contribution in [3.8, 4) is 11.4 Å². The van der Waals surface area contributed by atoms with Crippen LogP contribution in [0.15, 0.2) is 54.7 Å². The Kier molecular flexibility index (Phi) is 6.35. The Hall–Kier alpha value is -3.43. The Labute approximate surface area is 194 Å². The standard InChI is InChI=1S/C22H12Cl2F4N4O/c23-18-6-5-16(20(24)31-18)30-22(33)17-9-29-21(12-1-3-13(25)4-2-12)32(17)10-11-7-14(26)19(28)15(27)8-11/h1-9H,10H2,(H,30,33). The maximum Gasteiger partial charge on any atom is 0.274 e. The number of halogens is 6. The first-order valence-corrected chi connectivity index (χ1v) is 10.1. The van der Waals surface area contributed by atoms with Crippen LogP contribution in [-0.2, 0) is 6.54 Å². The number of benzene rings is 2. The van der Waals surface area contributed by atoms with Crippen molar-refractivity contribution in [2.45, 2.75) is 6.54 Å². The lowest BCUT2D eigenvalue weighted by atomic mass is 10.1. The van der Waals surface area contributed by atoms with Gasteiger partial charge in [-0.05, 0) is 54.1 Å². The summed E-state index contributed by atoms with van der Waals surface area (Å²) in [4.78, 5) is 21.1. The molecule has 0 fully saturated rings. The van der Waals surface area contributed by atoms with Crippen molar-refractivity contribution in [2.24, 2.45) is 0 Å². The SMILES string of the molecule is O=C(Nc1ccc(Cl)nc1Cl)c1cnc(-c2ccc(F)cc2)n1Cc1cc(F)c(F)c(F)c1. The molecular formula is C22H12Cl2F4N4O. The third-order valence-corrected chi connectivity index (χ3v) is 5.14. The third kappa shape index (κ3) is 4.84. The Morgan fingerprint density at radius 1 is 0.970 bits per heavy atom. The van der Waals surface area contributed by atoms with Gasteiger partial charge in [-0.3, -0.25) is 4.79 Å². The molecule has 0 aliphatic heterocycles. The number of hydrogen-bond donors (Lipinski definition) is 1. The van der Waals surface area contributed by atoms with E-state index in [-0.39, 0.29) is 39.6 Å². The number of carbonyl (C=O) groups is 1. The average Bonchev–Trinajstić information content (AvgIpc) is 3.18. The smallest absolute Gasteiger partial charge is 0.274 e. The molecule has 1 amide bonds. The fourth-order valence-electron chi connectivity index (χ4n) is 3.12. The van der Waals surface area contributed by atoms with Gasteiger partial charge in [0.05, 0.1) is 18.4 Å². The molecule has 0 spiro atoms. The first kappa shape index (κ1) is 22.8. The Bertz CT molecular complexity index is 1340. The summed E-state index contributed by atoms with van der Waals surface area (Å²) in [6, 6.07) is 9.76. The molecule has 2 aromatic heterocycles. The number of hydrogen-bond acceptors (Lipinski definition) is 3. The van der Waals surface area contributed by atoms with Crippen LogP contribution in [-0.4, -0.2) is 20.4 Å². The van der Waals surface area contributed by atoms with Gasteiger partial charge in [0.1, 0.15) is 22.5 Å². The molecule has 168 valence electrons. The molecule has 0 atom stereocenters. The largest absolute Gasteiger partial charge is 0.318 e. The lowest BCUT2D eigenvalue weighted by Gasteiger charge is -2.13. The Morgan fingerprint density at radius 2 is 1.64 bits per heavy atom. The molecule has 0 bridgehead atoms. The van der Waals surface area contributed by atoms with E-state index in [2.05, 4.69) is 15.3 Å². The molecule has 33 heavy (non-hydrogen) atoms. The number of anilines is 1. The average molecular weight is 495 g/mol. The normalized spacial score (nSPS) is 11.0. The van der Waals surface area contributed by atoms with Gasteiger partial charge in [0.2, 0.25) is 0 Å². The minimum absolute atomic E-state index is 0.00881. The van der Waals surface area contributed by atoms with E-state index in [1.54, 1.807) is 0 Å². The van der Waals surface area contributed by atoms with E-state index in [0.29, 0.717) is 5.56 Å². The van der Waals surface area contributed by atoms with E-state index >= 15 is 0 Å². The predicted octanol–water partition coefficient (Wildman–Crippen LogP) is 6.11. The molecule has 0 aliphatic carbocycles. The van der Waals surface area contributed by atoms with Crippen molar-refractivity contribution in [2.75, 3.05) is 5.32 Å². The summed E-state index contributed by atoms with van der Waals surface area (Å²) in [5.74, 6) is -5.29. The number of aromatic nitrogens is 3. The molecule has 0 aliphatic rings. The molecule has 0 unspecified atom stereocenters. The quantitative estimate of drug-likeness (QED) is 0.207. The number of carbonyl (C=O) groups excluding carboxylic acids is 1. The van der Waals surface area contributed by atoms with Gasteiger partial charge in [0.25, 0.3) is 5.91 Å². The number of rotatable bonds is 5. The fraction of sp³-hybridized carbons (Fsp3) is 0.0455. The first-order chi connectivity index (χ1) is 15.7. The highest BCUT2D eigenvalue weighted by Gasteiger charge is 2.21. The maximum absolute atomic E-state index is 13.8. The molecule has 2 heterocycles. The van der Waals surface area contributed by atoms with Crippen LogP contribution >= 0.6 is 23.2 Å². The number of nitrogens with one attached hydrogen (secondary N) is 1. The summed E-state index contributed by atoms with van der Waals surface area (Å²) in [6.07, 6.45) is 1.24. The fourth-order valence-corrected chi connectivity index (χ4v) is 3.51. The molecule has 0 saturated heterocycles. The van der Waals surface area contributed by atoms with E-state index < -0.39 is 29.2 Å². The van der Waals surface area contributed by atoms with Crippen LogP contribution in [0.2, 0.25) is 10.3 Å². The van der Waals surface area contributed by atoms with Crippen molar-refractivity contribution in [3.63, 3.8) is 0 Å². The van der Waals surface area contributed by atoms with Gasteiger partial charge in [-0.2, -0.15) is 0 Å². The number of nitrogens with zero attached hydrogens (tertiary/aromatic N) is 3.